The second-order valence-corrected chi connectivity index (χ2v) is 5.38. The normalized spacial score (nSPS) is 11.7. The smallest absolute Gasteiger partial charge is 0.265 e. The zero-order valence-electron chi connectivity index (χ0n) is 8.94. The molecule has 0 unspecified atom stereocenters. The number of rotatable bonds is 6. The van der Waals surface area contributed by atoms with Crippen LogP contribution >= 0.6 is 23.2 Å². The van der Waals surface area contributed by atoms with Crippen molar-refractivity contribution in [2.45, 2.75) is 4.90 Å². The molecule has 1 aromatic carbocycles. The van der Waals surface area contributed by atoms with Gasteiger partial charge in [-0.2, -0.15) is 0 Å². The lowest BCUT2D eigenvalue weighted by molar-refractivity contribution is 0.0438. The molecular formula is C9H11Cl2NO4S. The van der Waals surface area contributed by atoms with Gasteiger partial charge in [0.2, 0.25) is 0 Å². The summed E-state index contributed by atoms with van der Waals surface area (Å²) in [5.41, 5.74) is 0. The molecule has 1 rings (SSSR count). The Morgan fingerprint density at radius 1 is 1.24 bits per heavy atom. The van der Waals surface area contributed by atoms with Crippen molar-refractivity contribution in [2.75, 3.05) is 20.3 Å². The third-order valence-electron chi connectivity index (χ3n) is 1.75. The van der Waals surface area contributed by atoms with E-state index in [0.717, 1.165) is 0 Å². The summed E-state index contributed by atoms with van der Waals surface area (Å²) in [6.07, 6.45) is 0. The van der Waals surface area contributed by atoms with E-state index >= 15 is 0 Å². The van der Waals surface area contributed by atoms with E-state index in [0.29, 0.717) is 0 Å². The van der Waals surface area contributed by atoms with Gasteiger partial charge in [-0.3, -0.25) is 4.84 Å². The highest BCUT2D eigenvalue weighted by atomic mass is 35.5. The van der Waals surface area contributed by atoms with Crippen LogP contribution in [0.1, 0.15) is 0 Å². The summed E-state index contributed by atoms with van der Waals surface area (Å²) in [6.45, 7) is 0.344. The van der Waals surface area contributed by atoms with Crippen molar-refractivity contribution in [3.63, 3.8) is 0 Å². The summed E-state index contributed by atoms with van der Waals surface area (Å²) in [5.74, 6) is 0. The van der Waals surface area contributed by atoms with E-state index in [1.807, 2.05) is 4.89 Å². The first-order valence-corrected chi connectivity index (χ1v) is 6.79. The van der Waals surface area contributed by atoms with Crippen LogP contribution in [0, 0.1) is 0 Å². The third kappa shape index (κ3) is 4.09. The molecule has 0 aliphatic rings. The van der Waals surface area contributed by atoms with Crippen LogP contribution in [0.15, 0.2) is 23.1 Å². The lowest BCUT2D eigenvalue weighted by Crippen LogP contribution is -2.26. The van der Waals surface area contributed by atoms with Crippen molar-refractivity contribution < 1.29 is 18.0 Å². The molecular weight excluding hydrogens is 289 g/mol. The Bertz CT molecular complexity index is 458. The Hall–Kier alpha value is -0.370. The second kappa shape index (κ2) is 6.53. The standard InChI is InChI=1S/C9H11Cl2NO4S/c1-15-5-6-16-12-17(13,14)9-7(10)3-2-4-8(9)11/h2-4,12H,5-6H2,1H3. The molecule has 8 heteroatoms. The molecule has 0 aromatic heterocycles. The van der Waals surface area contributed by atoms with E-state index in [1.54, 1.807) is 6.07 Å². The molecule has 0 atom stereocenters. The van der Waals surface area contributed by atoms with Crippen molar-refractivity contribution >= 4 is 33.2 Å². The number of methoxy groups -OCH3 is 1. The van der Waals surface area contributed by atoms with Crippen molar-refractivity contribution in [2.24, 2.45) is 0 Å². The number of halogens is 2. The molecule has 0 radical (unpaired) electrons. The van der Waals surface area contributed by atoms with Crippen LogP contribution in [0.4, 0.5) is 0 Å². The van der Waals surface area contributed by atoms with Crippen LogP contribution in [-0.4, -0.2) is 28.7 Å². The Labute approximate surface area is 110 Å². The van der Waals surface area contributed by atoms with Gasteiger partial charge >= 0.3 is 0 Å². The first-order chi connectivity index (χ1) is 7.99. The summed E-state index contributed by atoms with van der Waals surface area (Å²) in [4.78, 5) is 6.43. The molecule has 0 spiro atoms. The zero-order chi connectivity index (χ0) is 12.9. The molecule has 0 saturated heterocycles. The van der Waals surface area contributed by atoms with Crippen LogP contribution in [0.3, 0.4) is 0 Å². The monoisotopic (exact) mass is 299 g/mol. The van der Waals surface area contributed by atoms with E-state index in [2.05, 4.69) is 0 Å². The zero-order valence-corrected chi connectivity index (χ0v) is 11.3. The van der Waals surface area contributed by atoms with Crippen LogP contribution in [0.5, 0.6) is 0 Å². The van der Waals surface area contributed by atoms with E-state index in [1.165, 1.54) is 19.2 Å². The fraction of sp³-hybridized carbons (Fsp3) is 0.333. The molecule has 0 aliphatic carbocycles. The number of nitrogens with one attached hydrogen (secondary N) is 1. The van der Waals surface area contributed by atoms with E-state index in [9.17, 15) is 8.42 Å². The van der Waals surface area contributed by atoms with Gasteiger partial charge < -0.3 is 4.74 Å². The second-order valence-electron chi connectivity index (χ2n) is 2.98. The minimum absolute atomic E-state index is 0.0281. The Balaban J connectivity index is 2.83. The van der Waals surface area contributed by atoms with Crippen molar-refractivity contribution in [1.82, 2.24) is 4.89 Å². The lowest BCUT2D eigenvalue weighted by Gasteiger charge is -2.09. The first-order valence-electron chi connectivity index (χ1n) is 4.55. The first kappa shape index (κ1) is 14.7. The number of hydrogen-bond acceptors (Lipinski definition) is 4. The third-order valence-corrected chi connectivity index (χ3v) is 3.91. The van der Waals surface area contributed by atoms with Gasteiger partial charge in [0.15, 0.2) is 0 Å². The molecule has 0 aliphatic heterocycles. The van der Waals surface area contributed by atoms with Crippen LogP contribution in [0.2, 0.25) is 10.0 Å². The maximum Gasteiger partial charge on any atom is 0.265 e. The Morgan fingerprint density at radius 2 is 1.82 bits per heavy atom. The molecule has 0 heterocycles. The van der Waals surface area contributed by atoms with E-state index in [-0.39, 0.29) is 28.2 Å². The fourth-order valence-electron chi connectivity index (χ4n) is 1.03. The predicted molar refractivity (Wildman–Crippen MR) is 64.6 cm³/mol. The molecule has 1 N–H and O–H groups in total. The average Bonchev–Trinajstić information content (AvgIpc) is 2.24. The van der Waals surface area contributed by atoms with Crippen molar-refractivity contribution in [3.05, 3.63) is 28.2 Å². The minimum Gasteiger partial charge on any atom is -0.382 e. The van der Waals surface area contributed by atoms with Crippen molar-refractivity contribution in [3.8, 4) is 0 Å². The molecule has 1 aromatic rings. The average molecular weight is 300 g/mol. The molecule has 0 bridgehead atoms. The fourth-order valence-corrected chi connectivity index (χ4v) is 3.00. The quantitative estimate of drug-likeness (QED) is 0.643. The SMILES string of the molecule is COCCONS(=O)(=O)c1c(Cl)cccc1Cl. The summed E-state index contributed by atoms with van der Waals surface area (Å²) < 4.78 is 28.3. The summed E-state index contributed by atoms with van der Waals surface area (Å²) in [6, 6.07) is 4.41. The van der Waals surface area contributed by atoms with E-state index < -0.39 is 10.0 Å². The number of benzene rings is 1. The predicted octanol–water partition coefficient (Wildman–Crippen LogP) is 1.85. The number of ether oxygens (including phenoxy) is 1. The summed E-state index contributed by atoms with van der Waals surface area (Å²) in [5, 5.41) is 0.0562. The van der Waals surface area contributed by atoms with Crippen molar-refractivity contribution in [1.29, 1.82) is 0 Å². The van der Waals surface area contributed by atoms with Crippen LogP contribution in [0.25, 0.3) is 0 Å². The highest BCUT2D eigenvalue weighted by Gasteiger charge is 2.21. The largest absolute Gasteiger partial charge is 0.382 e. The van der Waals surface area contributed by atoms with Gasteiger partial charge in [-0.25, -0.2) is 8.42 Å². The van der Waals surface area contributed by atoms with Gasteiger partial charge in [-0.15, -0.1) is 0 Å². The number of hydrogen-bond donors (Lipinski definition) is 1. The minimum atomic E-state index is -3.89. The van der Waals surface area contributed by atoms with Gasteiger partial charge in [0.05, 0.1) is 23.3 Å². The maximum absolute atomic E-state index is 11.8. The maximum atomic E-state index is 11.8. The van der Waals surface area contributed by atoms with Crippen LogP contribution < -0.4 is 4.89 Å². The lowest BCUT2D eigenvalue weighted by atomic mass is 10.4. The van der Waals surface area contributed by atoms with Gasteiger partial charge in [-0.1, -0.05) is 34.2 Å². The van der Waals surface area contributed by atoms with Gasteiger partial charge in [-0.05, 0) is 12.1 Å². The van der Waals surface area contributed by atoms with Crippen LogP contribution in [-0.2, 0) is 19.6 Å². The molecule has 0 saturated carbocycles. The van der Waals surface area contributed by atoms with Gasteiger partial charge in [0.25, 0.3) is 10.0 Å². The highest BCUT2D eigenvalue weighted by Crippen LogP contribution is 2.28. The van der Waals surface area contributed by atoms with Gasteiger partial charge in [0.1, 0.15) is 4.90 Å². The highest BCUT2D eigenvalue weighted by molar-refractivity contribution is 7.89. The molecule has 0 fully saturated rings. The summed E-state index contributed by atoms with van der Waals surface area (Å²) >= 11 is 11.5. The Kier molecular flexibility index (Phi) is 5.64. The Morgan fingerprint density at radius 3 is 2.35 bits per heavy atom. The topological polar surface area (TPSA) is 64.6 Å². The molecule has 17 heavy (non-hydrogen) atoms. The van der Waals surface area contributed by atoms with Gasteiger partial charge in [0, 0.05) is 7.11 Å². The summed E-state index contributed by atoms with van der Waals surface area (Å²) in [7, 11) is -2.42. The molecule has 96 valence electrons. The number of sulfonamides is 1. The molecule has 0 amide bonds. The van der Waals surface area contributed by atoms with E-state index in [4.69, 9.17) is 32.8 Å². The molecule has 5 nitrogen and oxygen atoms in total.